The summed E-state index contributed by atoms with van der Waals surface area (Å²) in [5, 5.41) is 26.4. The van der Waals surface area contributed by atoms with E-state index in [9.17, 15) is 15.0 Å². The van der Waals surface area contributed by atoms with Gasteiger partial charge in [0.2, 0.25) is 0 Å². The Morgan fingerprint density at radius 3 is 2.78 bits per heavy atom. The lowest BCUT2D eigenvalue weighted by molar-refractivity contribution is -0.102. The summed E-state index contributed by atoms with van der Waals surface area (Å²) in [6, 6.07) is 10.5. The van der Waals surface area contributed by atoms with Gasteiger partial charge in [0, 0.05) is 5.69 Å². The number of carbonyl (C=O) groups excluding carboxylic acids is 1. The summed E-state index contributed by atoms with van der Waals surface area (Å²) in [7, 11) is 0. The molecule has 0 unspecified atom stereocenters. The summed E-state index contributed by atoms with van der Waals surface area (Å²) in [5.74, 6) is -0.412. The maximum absolute atomic E-state index is 12.3. The molecule has 1 aromatic heterocycles. The van der Waals surface area contributed by atoms with Crippen LogP contribution in [0.25, 0.3) is 5.69 Å². The smallest absolute Gasteiger partial charge is 0.272 e. The van der Waals surface area contributed by atoms with Crippen molar-refractivity contribution in [3.05, 3.63) is 47.8 Å². The lowest BCUT2D eigenvalue weighted by atomic mass is 10.0. The number of para-hydroxylation sites is 1. The van der Waals surface area contributed by atoms with Gasteiger partial charge in [0.25, 0.3) is 5.91 Å². The topological polar surface area (TPSA) is 96.6 Å². The van der Waals surface area contributed by atoms with Gasteiger partial charge < -0.3 is 20.3 Å². The average molecular weight is 317 g/mol. The number of nitrogens with one attached hydrogen (secondary N) is 1. The van der Waals surface area contributed by atoms with E-state index in [4.69, 9.17) is 4.74 Å². The molecule has 0 spiro atoms. The van der Waals surface area contributed by atoms with Gasteiger partial charge in [0.15, 0.2) is 5.69 Å². The molecule has 3 N–H and O–H groups in total. The quantitative estimate of drug-likeness (QED) is 0.742. The number of hydrogen-bond donors (Lipinski definition) is 3. The molecule has 122 valence electrons. The fourth-order valence-electron chi connectivity index (χ4n) is 2.57. The van der Waals surface area contributed by atoms with E-state index in [1.54, 1.807) is 10.7 Å². The number of amides is 1. The first kappa shape index (κ1) is 15.7. The molecule has 7 heteroatoms. The van der Waals surface area contributed by atoms with Crippen molar-refractivity contribution in [2.24, 2.45) is 0 Å². The minimum absolute atomic E-state index is 0.0648. The molecule has 1 aromatic carbocycles. The molecule has 1 fully saturated rings. The van der Waals surface area contributed by atoms with Gasteiger partial charge in [-0.3, -0.25) is 4.79 Å². The number of carbonyl (C=O) groups is 1. The Kier molecular flexibility index (Phi) is 4.42. The molecule has 2 aromatic rings. The number of ether oxygens (including phenoxy) is 1. The van der Waals surface area contributed by atoms with E-state index in [1.807, 2.05) is 37.3 Å². The zero-order valence-electron chi connectivity index (χ0n) is 12.7. The number of aromatic nitrogens is 2. The summed E-state index contributed by atoms with van der Waals surface area (Å²) < 4.78 is 6.83. The van der Waals surface area contributed by atoms with Crippen molar-refractivity contribution in [3.63, 3.8) is 0 Å². The molecule has 23 heavy (non-hydrogen) atoms. The van der Waals surface area contributed by atoms with E-state index in [-0.39, 0.29) is 18.9 Å². The molecular formula is C16H19N3O4. The standard InChI is InChI=1S/C16H19N3O4/c1-10-7-12(18-19(10)11-5-3-2-4-6-11)16(22)17-13-8-23-9-14(20)15(13)21/h2-7,13-15,20-21H,8-9H2,1H3,(H,17,22)/t13-,14-,15+/m1/s1. The van der Waals surface area contributed by atoms with Crippen LogP contribution in [0.1, 0.15) is 16.2 Å². The van der Waals surface area contributed by atoms with Crippen LogP contribution < -0.4 is 5.32 Å². The summed E-state index contributed by atoms with van der Waals surface area (Å²) in [4.78, 5) is 12.3. The summed E-state index contributed by atoms with van der Waals surface area (Å²) >= 11 is 0. The monoisotopic (exact) mass is 317 g/mol. The second-order valence-corrected chi connectivity index (χ2v) is 5.59. The van der Waals surface area contributed by atoms with Crippen LogP contribution in [0.4, 0.5) is 0 Å². The summed E-state index contributed by atoms with van der Waals surface area (Å²) in [6.07, 6.45) is -2.05. The zero-order chi connectivity index (χ0) is 16.4. The second kappa shape index (κ2) is 6.49. The highest BCUT2D eigenvalue weighted by Gasteiger charge is 2.33. The third kappa shape index (κ3) is 3.26. The van der Waals surface area contributed by atoms with E-state index in [0.29, 0.717) is 0 Å². The molecule has 1 aliphatic rings. The Morgan fingerprint density at radius 2 is 2.04 bits per heavy atom. The summed E-state index contributed by atoms with van der Waals surface area (Å²) in [6.45, 7) is 2.08. The van der Waals surface area contributed by atoms with Gasteiger partial charge in [-0.05, 0) is 25.1 Å². The molecule has 2 heterocycles. The van der Waals surface area contributed by atoms with Crippen molar-refractivity contribution >= 4 is 5.91 Å². The van der Waals surface area contributed by atoms with Gasteiger partial charge in [-0.15, -0.1) is 0 Å². The average Bonchev–Trinajstić information content (AvgIpc) is 2.95. The van der Waals surface area contributed by atoms with E-state index >= 15 is 0 Å². The number of aliphatic hydroxyl groups excluding tert-OH is 2. The number of benzene rings is 1. The van der Waals surface area contributed by atoms with Crippen molar-refractivity contribution in [2.75, 3.05) is 13.2 Å². The van der Waals surface area contributed by atoms with E-state index < -0.39 is 24.2 Å². The molecule has 0 aliphatic carbocycles. The maximum Gasteiger partial charge on any atom is 0.272 e. The third-order valence-electron chi connectivity index (χ3n) is 3.83. The molecule has 0 bridgehead atoms. The molecule has 0 saturated carbocycles. The van der Waals surface area contributed by atoms with Gasteiger partial charge in [-0.1, -0.05) is 18.2 Å². The van der Waals surface area contributed by atoms with Gasteiger partial charge in [-0.25, -0.2) is 4.68 Å². The number of aryl methyl sites for hydroxylation is 1. The fraction of sp³-hybridized carbons (Fsp3) is 0.375. The highest BCUT2D eigenvalue weighted by Crippen LogP contribution is 2.13. The van der Waals surface area contributed by atoms with Crippen LogP contribution >= 0.6 is 0 Å². The Bertz CT molecular complexity index is 686. The first-order chi connectivity index (χ1) is 11.1. The molecule has 3 atom stereocenters. The molecule has 7 nitrogen and oxygen atoms in total. The Labute approximate surface area is 133 Å². The maximum atomic E-state index is 12.3. The first-order valence-electron chi connectivity index (χ1n) is 7.43. The zero-order valence-corrected chi connectivity index (χ0v) is 12.7. The van der Waals surface area contributed by atoms with Crippen molar-refractivity contribution in [2.45, 2.75) is 25.2 Å². The minimum atomic E-state index is -1.05. The highest BCUT2D eigenvalue weighted by molar-refractivity contribution is 5.92. The Morgan fingerprint density at radius 1 is 1.30 bits per heavy atom. The Hall–Kier alpha value is -2.22. The van der Waals surface area contributed by atoms with Crippen molar-refractivity contribution in [3.8, 4) is 5.69 Å². The largest absolute Gasteiger partial charge is 0.388 e. The molecular weight excluding hydrogens is 298 g/mol. The predicted octanol–water partition coefficient (Wildman–Crippen LogP) is 0.0311. The van der Waals surface area contributed by atoms with Gasteiger partial charge >= 0.3 is 0 Å². The van der Waals surface area contributed by atoms with E-state index in [2.05, 4.69) is 10.4 Å². The van der Waals surface area contributed by atoms with Gasteiger partial charge in [-0.2, -0.15) is 5.10 Å². The lowest BCUT2D eigenvalue weighted by Gasteiger charge is -2.32. The number of hydrogen-bond acceptors (Lipinski definition) is 5. The van der Waals surface area contributed by atoms with Gasteiger partial charge in [0.1, 0.15) is 12.2 Å². The van der Waals surface area contributed by atoms with E-state index in [0.717, 1.165) is 11.4 Å². The minimum Gasteiger partial charge on any atom is -0.388 e. The normalized spacial score (nSPS) is 24.4. The number of aliphatic hydroxyl groups is 2. The van der Waals surface area contributed by atoms with Crippen LogP contribution in [0, 0.1) is 6.92 Å². The van der Waals surface area contributed by atoms with Crippen molar-refractivity contribution < 1.29 is 19.7 Å². The predicted molar refractivity (Wildman–Crippen MR) is 82.4 cm³/mol. The highest BCUT2D eigenvalue weighted by atomic mass is 16.5. The second-order valence-electron chi connectivity index (χ2n) is 5.59. The van der Waals surface area contributed by atoms with Crippen LogP contribution in [-0.4, -0.2) is 57.4 Å². The van der Waals surface area contributed by atoms with Crippen molar-refractivity contribution in [1.82, 2.24) is 15.1 Å². The van der Waals surface area contributed by atoms with E-state index in [1.165, 1.54) is 0 Å². The fourth-order valence-corrected chi connectivity index (χ4v) is 2.57. The molecule has 0 radical (unpaired) electrons. The first-order valence-corrected chi connectivity index (χ1v) is 7.43. The molecule has 3 rings (SSSR count). The Balaban J connectivity index is 1.76. The number of nitrogens with zero attached hydrogens (tertiary/aromatic N) is 2. The van der Waals surface area contributed by atoms with Crippen LogP contribution in [0.3, 0.4) is 0 Å². The van der Waals surface area contributed by atoms with Crippen LogP contribution in [0.15, 0.2) is 36.4 Å². The van der Waals surface area contributed by atoms with Crippen LogP contribution in [0.2, 0.25) is 0 Å². The van der Waals surface area contributed by atoms with Crippen molar-refractivity contribution in [1.29, 1.82) is 0 Å². The summed E-state index contributed by atoms with van der Waals surface area (Å²) in [5.41, 5.74) is 1.93. The molecule has 1 aliphatic heterocycles. The third-order valence-corrected chi connectivity index (χ3v) is 3.83. The molecule has 1 saturated heterocycles. The van der Waals surface area contributed by atoms with Crippen LogP contribution in [-0.2, 0) is 4.74 Å². The number of rotatable bonds is 3. The van der Waals surface area contributed by atoms with Crippen LogP contribution in [0.5, 0.6) is 0 Å². The molecule has 1 amide bonds. The SMILES string of the molecule is Cc1cc(C(=O)N[C@@H]2COC[C@@H](O)[C@H]2O)nn1-c1ccccc1. The lowest BCUT2D eigenvalue weighted by Crippen LogP contribution is -2.55. The van der Waals surface area contributed by atoms with Gasteiger partial charge in [0.05, 0.1) is 24.9 Å².